The smallest absolute Gasteiger partial charge is 0.354 e. The summed E-state index contributed by atoms with van der Waals surface area (Å²) in [7, 11) is 0. The normalized spacial score (nSPS) is 22.3. The highest BCUT2D eigenvalue weighted by Gasteiger charge is 2.33. The third-order valence-corrected chi connectivity index (χ3v) is 3.39. The Morgan fingerprint density at radius 3 is 2.67 bits per heavy atom. The molecule has 1 fully saturated rings. The molecule has 2 N–H and O–H groups in total. The van der Waals surface area contributed by atoms with Gasteiger partial charge in [-0.15, -0.1) is 0 Å². The SMILES string of the molecule is O=C(Cc1ccccc1C(F)(F)F)NC[C@@H]1C[C@H](F)CN1. The molecule has 21 heavy (non-hydrogen) atoms. The van der Waals surface area contributed by atoms with E-state index in [0.717, 1.165) is 6.07 Å². The highest BCUT2D eigenvalue weighted by molar-refractivity contribution is 5.79. The van der Waals surface area contributed by atoms with E-state index in [1.54, 1.807) is 0 Å². The topological polar surface area (TPSA) is 41.1 Å². The maximum atomic E-state index is 12.9. The lowest BCUT2D eigenvalue weighted by Gasteiger charge is -2.14. The molecule has 0 bridgehead atoms. The van der Waals surface area contributed by atoms with Crippen molar-refractivity contribution in [2.24, 2.45) is 0 Å². The van der Waals surface area contributed by atoms with Crippen LogP contribution in [0.25, 0.3) is 0 Å². The molecule has 2 rings (SSSR count). The zero-order valence-corrected chi connectivity index (χ0v) is 11.2. The fourth-order valence-corrected chi connectivity index (χ4v) is 2.35. The van der Waals surface area contributed by atoms with Crippen molar-refractivity contribution >= 4 is 5.91 Å². The fourth-order valence-electron chi connectivity index (χ4n) is 2.35. The quantitative estimate of drug-likeness (QED) is 0.836. The van der Waals surface area contributed by atoms with Gasteiger partial charge in [0.05, 0.1) is 12.0 Å². The summed E-state index contributed by atoms with van der Waals surface area (Å²) in [5, 5.41) is 5.43. The molecule has 1 amide bonds. The minimum Gasteiger partial charge on any atom is -0.354 e. The van der Waals surface area contributed by atoms with Gasteiger partial charge in [0.25, 0.3) is 0 Å². The molecule has 2 atom stereocenters. The first-order valence-electron chi connectivity index (χ1n) is 6.65. The van der Waals surface area contributed by atoms with Crippen LogP contribution in [-0.2, 0) is 17.4 Å². The van der Waals surface area contributed by atoms with Crippen molar-refractivity contribution in [2.75, 3.05) is 13.1 Å². The van der Waals surface area contributed by atoms with Crippen molar-refractivity contribution in [2.45, 2.75) is 31.2 Å². The Bertz CT molecular complexity index is 504. The first kappa shape index (κ1) is 15.8. The largest absolute Gasteiger partial charge is 0.416 e. The van der Waals surface area contributed by atoms with E-state index < -0.39 is 23.8 Å². The minimum atomic E-state index is -4.48. The third kappa shape index (κ3) is 4.42. The van der Waals surface area contributed by atoms with Crippen molar-refractivity contribution in [3.63, 3.8) is 0 Å². The van der Waals surface area contributed by atoms with Crippen LogP contribution in [0.3, 0.4) is 0 Å². The van der Waals surface area contributed by atoms with E-state index in [1.165, 1.54) is 18.2 Å². The summed E-state index contributed by atoms with van der Waals surface area (Å²) in [4.78, 5) is 11.7. The van der Waals surface area contributed by atoms with Crippen molar-refractivity contribution in [3.8, 4) is 0 Å². The molecule has 1 aliphatic heterocycles. The van der Waals surface area contributed by atoms with Crippen molar-refractivity contribution < 1.29 is 22.4 Å². The van der Waals surface area contributed by atoms with Gasteiger partial charge in [-0.3, -0.25) is 4.79 Å². The summed E-state index contributed by atoms with van der Waals surface area (Å²) in [5.41, 5.74) is -0.867. The van der Waals surface area contributed by atoms with Gasteiger partial charge in [0.2, 0.25) is 5.91 Å². The molecule has 3 nitrogen and oxygen atoms in total. The molecule has 1 aromatic rings. The Hall–Kier alpha value is -1.63. The molecule has 1 aromatic carbocycles. The maximum absolute atomic E-state index is 12.9. The molecule has 0 radical (unpaired) electrons. The van der Waals surface area contributed by atoms with E-state index in [1.807, 2.05) is 0 Å². The van der Waals surface area contributed by atoms with Gasteiger partial charge in [0, 0.05) is 19.1 Å². The summed E-state index contributed by atoms with van der Waals surface area (Å²) in [6, 6.07) is 4.82. The van der Waals surface area contributed by atoms with Crippen molar-refractivity contribution in [3.05, 3.63) is 35.4 Å². The van der Waals surface area contributed by atoms with E-state index in [-0.39, 0.29) is 31.1 Å². The first-order valence-corrected chi connectivity index (χ1v) is 6.65. The number of carbonyl (C=O) groups is 1. The Balaban J connectivity index is 1.91. The number of nitrogens with one attached hydrogen (secondary N) is 2. The van der Waals surface area contributed by atoms with Crippen molar-refractivity contribution in [1.82, 2.24) is 10.6 Å². The van der Waals surface area contributed by atoms with E-state index in [4.69, 9.17) is 0 Å². The highest BCUT2D eigenvalue weighted by atomic mass is 19.4. The van der Waals surface area contributed by atoms with E-state index in [0.29, 0.717) is 6.42 Å². The zero-order valence-electron chi connectivity index (χ0n) is 11.2. The standard InChI is InChI=1S/C14H16F4N2O/c15-10-6-11(19-7-10)8-20-13(21)5-9-3-1-2-4-12(9)14(16,17)18/h1-4,10-11,19H,5-8H2,(H,20,21)/t10-,11-/m0/s1. The second-order valence-corrected chi connectivity index (χ2v) is 5.07. The third-order valence-electron chi connectivity index (χ3n) is 3.39. The number of amides is 1. The Labute approximate surface area is 119 Å². The molecular formula is C14H16F4N2O. The van der Waals surface area contributed by atoms with Crippen LogP contribution in [0.5, 0.6) is 0 Å². The van der Waals surface area contributed by atoms with Gasteiger partial charge in [-0.25, -0.2) is 4.39 Å². The average molecular weight is 304 g/mol. The van der Waals surface area contributed by atoms with Crippen LogP contribution in [-0.4, -0.2) is 31.2 Å². The molecule has 0 unspecified atom stereocenters. The summed E-state index contributed by atoms with van der Waals surface area (Å²) in [5.74, 6) is -0.504. The molecule has 1 aliphatic rings. The van der Waals surface area contributed by atoms with Crippen LogP contribution >= 0.6 is 0 Å². The number of hydrogen-bond donors (Lipinski definition) is 2. The van der Waals surface area contributed by atoms with Gasteiger partial charge < -0.3 is 10.6 Å². The van der Waals surface area contributed by atoms with Crippen LogP contribution in [0.4, 0.5) is 17.6 Å². The van der Waals surface area contributed by atoms with Crippen LogP contribution in [0.1, 0.15) is 17.5 Å². The van der Waals surface area contributed by atoms with Gasteiger partial charge in [0.15, 0.2) is 0 Å². The number of benzene rings is 1. The van der Waals surface area contributed by atoms with Crippen LogP contribution in [0.15, 0.2) is 24.3 Å². The summed E-state index contributed by atoms with van der Waals surface area (Å²) in [6.45, 7) is 0.463. The van der Waals surface area contributed by atoms with Gasteiger partial charge in [-0.2, -0.15) is 13.2 Å². The minimum absolute atomic E-state index is 0.0646. The highest BCUT2D eigenvalue weighted by Crippen LogP contribution is 2.31. The summed E-state index contributed by atoms with van der Waals surface area (Å²) in [6.07, 6.45) is -5.45. The van der Waals surface area contributed by atoms with E-state index in [9.17, 15) is 22.4 Å². The van der Waals surface area contributed by atoms with Crippen LogP contribution < -0.4 is 10.6 Å². The fraction of sp³-hybridized carbons (Fsp3) is 0.500. The molecule has 0 aliphatic carbocycles. The summed E-state index contributed by atoms with van der Waals surface area (Å²) < 4.78 is 51.3. The second-order valence-electron chi connectivity index (χ2n) is 5.07. The van der Waals surface area contributed by atoms with E-state index >= 15 is 0 Å². The number of rotatable bonds is 4. The first-order chi connectivity index (χ1) is 9.86. The van der Waals surface area contributed by atoms with Gasteiger partial charge in [-0.1, -0.05) is 18.2 Å². The van der Waals surface area contributed by atoms with Crippen LogP contribution in [0, 0.1) is 0 Å². The van der Waals surface area contributed by atoms with Gasteiger partial charge >= 0.3 is 6.18 Å². The maximum Gasteiger partial charge on any atom is 0.416 e. The predicted molar refractivity (Wildman–Crippen MR) is 69.5 cm³/mol. The predicted octanol–water partition coefficient (Wildman–Crippen LogP) is 2.06. The average Bonchev–Trinajstić information content (AvgIpc) is 2.82. The molecule has 0 saturated carbocycles. The molecule has 1 heterocycles. The molecule has 116 valence electrons. The zero-order chi connectivity index (χ0) is 15.5. The lowest BCUT2D eigenvalue weighted by atomic mass is 10.0. The van der Waals surface area contributed by atoms with Crippen molar-refractivity contribution in [1.29, 1.82) is 0 Å². The monoisotopic (exact) mass is 304 g/mol. The molecule has 7 heteroatoms. The van der Waals surface area contributed by atoms with Crippen LogP contribution in [0.2, 0.25) is 0 Å². The molecule has 0 aromatic heterocycles. The number of alkyl halides is 4. The van der Waals surface area contributed by atoms with E-state index in [2.05, 4.69) is 10.6 Å². The van der Waals surface area contributed by atoms with Gasteiger partial charge in [-0.05, 0) is 18.1 Å². The lowest BCUT2D eigenvalue weighted by molar-refractivity contribution is -0.138. The second kappa shape index (κ2) is 6.43. The Morgan fingerprint density at radius 2 is 2.05 bits per heavy atom. The number of carbonyl (C=O) groups excluding carboxylic acids is 1. The summed E-state index contributed by atoms with van der Waals surface area (Å²) >= 11 is 0. The van der Waals surface area contributed by atoms with Gasteiger partial charge in [0.1, 0.15) is 6.17 Å². The number of hydrogen-bond acceptors (Lipinski definition) is 2. The number of halogens is 4. The molecule has 0 spiro atoms. The Kier molecular flexibility index (Phi) is 4.82. The molecular weight excluding hydrogens is 288 g/mol. The molecule has 1 saturated heterocycles. The lowest BCUT2D eigenvalue weighted by Crippen LogP contribution is -2.38. The Morgan fingerprint density at radius 1 is 1.33 bits per heavy atom.